The van der Waals surface area contributed by atoms with Gasteiger partial charge in [0, 0.05) is 13.6 Å². The van der Waals surface area contributed by atoms with Gasteiger partial charge in [-0.25, -0.2) is 9.97 Å². The summed E-state index contributed by atoms with van der Waals surface area (Å²) in [6.07, 6.45) is 4.93. The lowest BCUT2D eigenvalue weighted by Gasteiger charge is -2.20. The van der Waals surface area contributed by atoms with Crippen LogP contribution in [-0.4, -0.2) is 36.7 Å². The van der Waals surface area contributed by atoms with Crippen LogP contribution in [-0.2, 0) is 0 Å². The molecule has 1 aromatic rings. The molecule has 0 unspecified atom stereocenters. The van der Waals surface area contributed by atoms with Crippen LogP contribution < -0.4 is 15.4 Å². The highest BCUT2D eigenvalue weighted by Gasteiger charge is 2.11. The van der Waals surface area contributed by atoms with Gasteiger partial charge in [-0.2, -0.15) is 0 Å². The van der Waals surface area contributed by atoms with Gasteiger partial charge in [0.1, 0.15) is 12.1 Å². The van der Waals surface area contributed by atoms with E-state index in [4.69, 9.17) is 10.5 Å². The van der Waals surface area contributed by atoms with E-state index in [1.807, 2.05) is 20.9 Å². The fourth-order valence-electron chi connectivity index (χ4n) is 1.87. The lowest BCUT2D eigenvalue weighted by molar-refractivity contribution is 0.323. The maximum atomic E-state index is 5.48. The third-order valence-electron chi connectivity index (χ3n) is 2.85. The lowest BCUT2D eigenvalue weighted by Crippen LogP contribution is -2.21. The molecule has 0 amide bonds. The molecule has 0 atom stereocenters. The van der Waals surface area contributed by atoms with E-state index in [-0.39, 0.29) is 0 Å². The first-order valence-corrected chi connectivity index (χ1v) is 6.56. The molecule has 1 rings (SSSR count). The van der Waals surface area contributed by atoms with Gasteiger partial charge in [0.25, 0.3) is 0 Å². The Bertz CT molecular complexity index is 357. The van der Waals surface area contributed by atoms with Crippen molar-refractivity contribution in [1.29, 1.82) is 0 Å². The Kier molecular flexibility index (Phi) is 6.43. The van der Waals surface area contributed by atoms with E-state index in [0.717, 1.165) is 43.7 Å². The average Bonchev–Trinajstić information content (AvgIpc) is 2.37. The molecule has 18 heavy (non-hydrogen) atoms. The zero-order chi connectivity index (χ0) is 13.4. The number of anilines is 1. The number of aromatic nitrogens is 2. The zero-order valence-corrected chi connectivity index (χ0v) is 11.6. The molecule has 0 aliphatic rings. The van der Waals surface area contributed by atoms with Crippen LogP contribution in [0.25, 0.3) is 0 Å². The Balaban J connectivity index is 2.61. The number of unbranched alkanes of at least 4 members (excludes halogenated alkanes) is 2. The Morgan fingerprint density at radius 1 is 1.28 bits per heavy atom. The zero-order valence-electron chi connectivity index (χ0n) is 11.6. The quantitative estimate of drug-likeness (QED) is 0.714. The predicted molar refractivity (Wildman–Crippen MR) is 74.1 cm³/mol. The van der Waals surface area contributed by atoms with Crippen LogP contribution in [0.2, 0.25) is 0 Å². The molecule has 0 spiro atoms. The van der Waals surface area contributed by atoms with Gasteiger partial charge in [-0.1, -0.05) is 6.42 Å². The van der Waals surface area contributed by atoms with Crippen molar-refractivity contribution in [2.75, 3.05) is 31.6 Å². The number of nitrogens with zero attached hydrogens (tertiary/aromatic N) is 3. The van der Waals surface area contributed by atoms with E-state index >= 15 is 0 Å². The van der Waals surface area contributed by atoms with E-state index in [9.17, 15) is 0 Å². The van der Waals surface area contributed by atoms with Gasteiger partial charge in [-0.15, -0.1) is 0 Å². The summed E-state index contributed by atoms with van der Waals surface area (Å²) in [5.74, 6) is 1.62. The molecule has 0 bridgehead atoms. The van der Waals surface area contributed by atoms with E-state index in [1.54, 1.807) is 6.33 Å². The van der Waals surface area contributed by atoms with Crippen LogP contribution in [0.1, 0.15) is 31.7 Å². The first-order valence-electron chi connectivity index (χ1n) is 6.56. The molecule has 102 valence electrons. The summed E-state index contributed by atoms with van der Waals surface area (Å²) in [4.78, 5) is 10.6. The van der Waals surface area contributed by atoms with Crippen molar-refractivity contribution in [2.45, 2.75) is 33.1 Å². The Morgan fingerprint density at radius 2 is 2.06 bits per heavy atom. The summed E-state index contributed by atoms with van der Waals surface area (Å²) in [6.45, 7) is 6.32. The van der Waals surface area contributed by atoms with Crippen LogP contribution in [0.15, 0.2) is 6.33 Å². The molecule has 0 aliphatic heterocycles. The molecular weight excluding hydrogens is 228 g/mol. The van der Waals surface area contributed by atoms with Gasteiger partial charge in [-0.3, -0.25) is 0 Å². The molecule has 0 saturated heterocycles. The Morgan fingerprint density at radius 3 is 2.72 bits per heavy atom. The molecule has 5 heteroatoms. The molecule has 0 fully saturated rings. The van der Waals surface area contributed by atoms with E-state index in [2.05, 4.69) is 14.9 Å². The van der Waals surface area contributed by atoms with Crippen LogP contribution in [0.5, 0.6) is 5.88 Å². The average molecular weight is 252 g/mol. The van der Waals surface area contributed by atoms with Crippen LogP contribution >= 0.6 is 0 Å². The summed E-state index contributed by atoms with van der Waals surface area (Å²) in [5.41, 5.74) is 6.48. The number of nitrogens with two attached hydrogens (primary N) is 1. The van der Waals surface area contributed by atoms with Gasteiger partial charge in [0.15, 0.2) is 0 Å². The van der Waals surface area contributed by atoms with Crippen LogP contribution in [0, 0.1) is 6.92 Å². The minimum Gasteiger partial charge on any atom is -0.478 e. The molecule has 1 aromatic heterocycles. The second-order valence-electron chi connectivity index (χ2n) is 4.33. The highest BCUT2D eigenvalue weighted by atomic mass is 16.5. The lowest BCUT2D eigenvalue weighted by atomic mass is 10.2. The minimum absolute atomic E-state index is 0.623. The Labute approximate surface area is 109 Å². The van der Waals surface area contributed by atoms with Gasteiger partial charge in [-0.05, 0) is 33.2 Å². The molecule has 0 radical (unpaired) electrons. The third-order valence-corrected chi connectivity index (χ3v) is 2.85. The summed E-state index contributed by atoms with van der Waals surface area (Å²) >= 11 is 0. The smallest absolute Gasteiger partial charge is 0.221 e. The van der Waals surface area contributed by atoms with Gasteiger partial charge >= 0.3 is 0 Å². The predicted octanol–water partition coefficient (Wildman–Crippen LogP) is 1.75. The normalized spacial score (nSPS) is 10.4. The first-order chi connectivity index (χ1) is 8.70. The molecule has 2 N–H and O–H groups in total. The monoisotopic (exact) mass is 252 g/mol. The fraction of sp³-hybridized carbons (Fsp3) is 0.692. The summed E-state index contributed by atoms with van der Waals surface area (Å²) in [5, 5.41) is 0. The fourth-order valence-corrected chi connectivity index (χ4v) is 1.87. The highest BCUT2D eigenvalue weighted by Crippen LogP contribution is 2.23. The van der Waals surface area contributed by atoms with Crippen LogP contribution in [0.3, 0.4) is 0 Å². The van der Waals surface area contributed by atoms with E-state index in [0.29, 0.717) is 12.5 Å². The molecule has 1 heterocycles. The van der Waals surface area contributed by atoms with Crippen molar-refractivity contribution in [3.63, 3.8) is 0 Å². The molecule has 0 saturated carbocycles. The number of hydrogen-bond acceptors (Lipinski definition) is 5. The second-order valence-corrected chi connectivity index (χ2v) is 4.33. The number of rotatable bonds is 8. The van der Waals surface area contributed by atoms with Crippen molar-refractivity contribution in [2.24, 2.45) is 5.73 Å². The van der Waals surface area contributed by atoms with Gasteiger partial charge in [0.2, 0.25) is 5.88 Å². The molecule has 5 nitrogen and oxygen atoms in total. The van der Waals surface area contributed by atoms with E-state index in [1.165, 1.54) is 0 Å². The number of ether oxygens (including phenoxy) is 1. The highest BCUT2D eigenvalue weighted by molar-refractivity contribution is 5.49. The van der Waals surface area contributed by atoms with Crippen molar-refractivity contribution in [3.05, 3.63) is 11.9 Å². The largest absolute Gasteiger partial charge is 0.478 e. The van der Waals surface area contributed by atoms with E-state index < -0.39 is 0 Å². The minimum atomic E-state index is 0.623. The summed E-state index contributed by atoms with van der Waals surface area (Å²) in [7, 11) is 2.05. The second kappa shape index (κ2) is 7.87. The first kappa shape index (κ1) is 14.7. The third kappa shape index (κ3) is 4.14. The maximum absolute atomic E-state index is 5.48. The molecule has 0 aliphatic carbocycles. The number of hydrogen-bond donors (Lipinski definition) is 1. The SMILES string of the molecule is CCOc1ncnc(N(C)CCCCCN)c1C. The summed E-state index contributed by atoms with van der Waals surface area (Å²) in [6, 6.07) is 0. The standard InChI is InChI=1S/C13H24N4O/c1-4-18-13-11(2)12(15-10-16-13)17(3)9-7-5-6-8-14/h10H,4-9,14H2,1-3H3. The molecular formula is C13H24N4O. The summed E-state index contributed by atoms with van der Waals surface area (Å²) < 4.78 is 5.48. The maximum Gasteiger partial charge on any atom is 0.221 e. The topological polar surface area (TPSA) is 64.3 Å². The van der Waals surface area contributed by atoms with Crippen molar-refractivity contribution in [3.8, 4) is 5.88 Å². The molecule has 0 aromatic carbocycles. The van der Waals surface area contributed by atoms with Crippen molar-refractivity contribution < 1.29 is 4.74 Å². The van der Waals surface area contributed by atoms with Gasteiger partial charge < -0.3 is 15.4 Å². The van der Waals surface area contributed by atoms with Crippen LogP contribution in [0.4, 0.5) is 5.82 Å². The van der Waals surface area contributed by atoms with Crippen molar-refractivity contribution in [1.82, 2.24) is 9.97 Å². The van der Waals surface area contributed by atoms with Gasteiger partial charge in [0.05, 0.1) is 12.2 Å². The van der Waals surface area contributed by atoms with Crippen molar-refractivity contribution >= 4 is 5.82 Å². The Hall–Kier alpha value is -1.36.